The summed E-state index contributed by atoms with van der Waals surface area (Å²) < 4.78 is 20.5. The second kappa shape index (κ2) is 38.6. The molecule has 2 aliphatic rings. The number of Topliss-reactive ketones (excluding diaryl/α,β-unsaturated/α-hetero) is 2. The number of nitrogens with one attached hydrogen (secondary N) is 2. The number of hydrogen-bond acceptors (Lipinski definition) is 19. The first-order valence-electron chi connectivity index (χ1n) is 30.7. The Labute approximate surface area is 638 Å². The number of imide groups is 1. The third-order valence-corrected chi connectivity index (χ3v) is 14.8. The summed E-state index contributed by atoms with van der Waals surface area (Å²) in [5, 5.41) is 57.4. The number of halogens is 3. The molecule has 522 valence electrons. The number of carbonyl (C=O) groups excluding carboxylic acids is 7. The summed E-state index contributed by atoms with van der Waals surface area (Å²) >= 11 is 14.5. The Hall–Kier alpha value is -7.14. The predicted molar refractivity (Wildman–Crippen MR) is 384 cm³/mol. The van der Waals surface area contributed by atoms with Gasteiger partial charge in [-0.1, -0.05) is 121 Å². The largest absolute Gasteiger partial charge is 1.00 e. The van der Waals surface area contributed by atoms with Gasteiger partial charge in [0.15, 0.2) is 0 Å². The molecule has 5 aromatic carbocycles. The van der Waals surface area contributed by atoms with Crippen LogP contribution in [0, 0.1) is 0 Å². The van der Waals surface area contributed by atoms with Crippen molar-refractivity contribution < 1.29 is 114 Å². The maximum Gasteiger partial charge on any atom is 1.00 e. The van der Waals surface area contributed by atoms with Crippen molar-refractivity contribution >= 4 is 153 Å². The normalized spacial score (nSPS) is 13.1. The number of aromatic nitrogens is 9. The molecule has 30 heteroatoms. The van der Waals surface area contributed by atoms with Gasteiger partial charge >= 0.3 is 63.3 Å². The Kier molecular flexibility index (Phi) is 32.2. The van der Waals surface area contributed by atoms with Crippen LogP contribution >= 0.6 is 45.8 Å². The summed E-state index contributed by atoms with van der Waals surface area (Å²) in [5.74, 6) is -4.69. The fraction of sp³-hybridized carbons (Fsp3) is 0.348. The summed E-state index contributed by atoms with van der Waals surface area (Å²) in [7, 11) is 13.5. The third kappa shape index (κ3) is 22.7. The van der Waals surface area contributed by atoms with Crippen molar-refractivity contribution in [3.8, 4) is 0 Å². The quantitative estimate of drug-likeness (QED) is 0.0172. The van der Waals surface area contributed by atoms with Gasteiger partial charge in [-0.15, -0.1) is 5.60 Å². The summed E-state index contributed by atoms with van der Waals surface area (Å²) in [6, 6.07) is 32.6. The van der Waals surface area contributed by atoms with E-state index in [1.54, 1.807) is 96.5 Å². The van der Waals surface area contributed by atoms with E-state index in [0.717, 1.165) is 47.6 Å². The number of para-hydroxylation sites is 3. The maximum absolute atomic E-state index is 13.1. The number of hydrogen-bond donors (Lipinski definition) is 5. The topological polar surface area (TPSA) is 342 Å². The Balaban J connectivity index is 0.000000235. The number of H-pyrrole nitrogens is 1. The average molecular weight is 1540 g/mol. The Morgan fingerprint density at radius 1 is 0.667 bits per heavy atom. The number of esters is 2. The molecule has 99 heavy (non-hydrogen) atoms. The number of carbonyl (C=O) groups is 7. The number of nitrogens with zero attached hydrogens (tertiary/aromatic N) is 10. The Morgan fingerprint density at radius 3 is 1.67 bits per heavy atom. The fourth-order valence-corrected chi connectivity index (χ4v) is 10.7. The minimum absolute atomic E-state index is 0. The van der Waals surface area contributed by atoms with E-state index < -0.39 is 59.0 Å². The van der Waals surface area contributed by atoms with Crippen LogP contribution in [0.3, 0.4) is 0 Å². The van der Waals surface area contributed by atoms with E-state index in [2.05, 4.69) is 57.8 Å². The fourth-order valence-electron chi connectivity index (χ4n) is 10.4. The van der Waals surface area contributed by atoms with E-state index >= 15 is 0 Å². The van der Waals surface area contributed by atoms with Gasteiger partial charge in [0.05, 0.1) is 84.8 Å². The van der Waals surface area contributed by atoms with Crippen LogP contribution in [-0.4, -0.2) is 197 Å². The van der Waals surface area contributed by atoms with Gasteiger partial charge < -0.3 is 49.6 Å². The van der Waals surface area contributed by atoms with Crippen molar-refractivity contribution in [1.82, 2.24) is 59.2 Å². The van der Waals surface area contributed by atoms with Crippen LogP contribution in [0.2, 0.25) is 10.0 Å². The van der Waals surface area contributed by atoms with E-state index in [4.69, 9.17) is 38.8 Å². The van der Waals surface area contributed by atoms with Crippen molar-refractivity contribution in [2.75, 3.05) is 73.6 Å². The molecule has 12 rings (SSSR count). The first-order valence-corrected chi connectivity index (χ1v) is 33.6. The van der Waals surface area contributed by atoms with Crippen LogP contribution in [0.25, 0.3) is 65.7 Å². The van der Waals surface area contributed by atoms with Gasteiger partial charge in [0.2, 0.25) is 5.91 Å². The van der Waals surface area contributed by atoms with Crippen molar-refractivity contribution in [2.45, 2.75) is 70.9 Å². The molecule has 2 unspecified atom stereocenters. The van der Waals surface area contributed by atoms with Crippen LogP contribution < -0.4 is 67.5 Å². The van der Waals surface area contributed by atoms with Gasteiger partial charge in [-0.25, -0.2) is 9.59 Å². The van der Waals surface area contributed by atoms with Crippen molar-refractivity contribution in [3.05, 3.63) is 154 Å². The van der Waals surface area contributed by atoms with Crippen LogP contribution in [-0.2, 0) is 71.8 Å². The zero-order valence-corrected chi connectivity index (χ0v) is 64.3. The molecule has 0 saturated carbocycles. The number of rotatable bonds is 16. The van der Waals surface area contributed by atoms with Gasteiger partial charge in [0.1, 0.15) is 17.1 Å². The molecule has 0 radical (unpaired) electrons. The number of aliphatic hydroxyl groups is 2. The maximum atomic E-state index is 13.1. The molecule has 7 heterocycles. The van der Waals surface area contributed by atoms with Crippen LogP contribution in [0.4, 0.5) is 0 Å². The monoisotopic (exact) mass is 1540 g/mol. The minimum Gasteiger partial charge on any atom is -0.850 e. The molecule has 0 bridgehead atoms. The molecular formula is C69H81Cl2IKN13O13. The molecule has 1 saturated heterocycles. The first-order chi connectivity index (χ1) is 46.5. The first kappa shape index (κ1) is 82.5. The number of benzene rings is 5. The molecule has 0 aliphatic carbocycles. The second-order valence-corrected chi connectivity index (χ2v) is 24.7. The summed E-state index contributed by atoms with van der Waals surface area (Å²) in [4.78, 5) is 88.3. The average Bonchev–Trinajstić information content (AvgIpc) is 1.59. The van der Waals surface area contributed by atoms with E-state index in [9.17, 15) is 48.9 Å². The predicted octanol–water partition coefficient (Wildman–Crippen LogP) is 4.16. The van der Waals surface area contributed by atoms with Gasteiger partial charge in [-0.3, -0.25) is 48.4 Å². The standard InChI is InChI=1S/C25H24ClN5O3.C14H19ClN4O2.C11H10N2O3.C10H8N2O3.C4H8O.C4H9O.CH3I.K/c1-29(2)11-15(32)12-31-20-9-8-14(26)10-17(20)23(28-31)22-21(24(33)27-25(22)34)18-13-30(3)19-7-5-4-6-16(18)19;1-18(2)7-10(20)8-19-13-4-3-9(15)5-11(13)12(17-19)6-14(16)21;1-13-8-6-4-3-5-7(8)9(12-13)10(14)11(15)16-2;1-15-10(14)9(13)8-6-4-2-3-5-7(6)11-12-8;1-2-4-5-3-1;1-4(2,3)5;1-2;/h4-10,13,15,32H,11-12H2,1-3H3,(H,27,33,34);3-5,10,20H,6-8H2,1-2H3,(H2,16,21);3-6H,1-2H3;2-5H,1H3,(H,11,12);1-4H2;1-3H3;1H3;/q;;;;;-1;;+1. The van der Waals surface area contributed by atoms with E-state index in [1.165, 1.54) is 20.0 Å². The summed E-state index contributed by atoms with van der Waals surface area (Å²) in [6.07, 6.45) is 3.23. The molecule has 6 N–H and O–H groups in total. The number of aryl methyl sites for hydroxylation is 2. The number of likely N-dealkylation sites (N-methyl/N-ethyl adjacent to an activating group) is 2. The van der Waals surface area contributed by atoms with Gasteiger partial charge in [-0.2, -0.15) is 20.4 Å². The number of amides is 3. The van der Waals surface area contributed by atoms with Gasteiger partial charge in [-0.05, 0) is 101 Å². The molecule has 3 amide bonds. The molecule has 10 aromatic rings. The molecule has 2 aliphatic heterocycles. The zero-order valence-electron chi connectivity index (χ0n) is 57.6. The smallest absolute Gasteiger partial charge is 0.850 e. The number of alkyl halides is 1. The zero-order chi connectivity index (χ0) is 72.3. The van der Waals surface area contributed by atoms with Crippen molar-refractivity contribution in [2.24, 2.45) is 19.8 Å². The number of ether oxygens (including phenoxy) is 3. The molecule has 0 spiro atoms. The molecular weight excluding hydrogens is 1460 g/mol. The number of ketones is 2. The van der Waals surface area contributed by atoms with E-state index in [-0.39, 0.29) is 86.9 Å². The second-order valence-electron chi connectivity index (χ2n) is 23.8. The molecule has 2 atom stereocenters. The van der Waals surface area contributed by atoms with Gasteiger partial charge in [0, 0.05) is 94.7 Å². The van der Waals surface area contributed by atoms with Crippen LogP contribution in [0.5, 0.6) is 0 Å². The minimum atomic E-state index is -0.910. The van der Waals surface area contributed by atoms with Crippen LogP contribution in [0.15, 0.2) is 115 Å². The number of aliphatic hydroxyl groups excluding tert-OH is 2. The number of methoxy groups -OCH3 is 2. The Bertz CT molecular complexity index is 4500. The third-order valence-electron chi connectivity index (χ3n) is 14.3. The van der Waals surface area contributed by atoms with Crippen molar-refractivity contribution in [1.29, 1.82) is 0 Å². The molecule has 1 fully saturated rings. The SMILES string of the molecule is C1CCOC1.CC(C)(C)[O-].CI.CN(C)CC(O)Cn1nc(C2=C(c3cn(C)c4ccccc34)C(=O)NC2=O)c2cc(Cl)ccc21.CN(C)CC(O)Cn1nc(CC(N)=O)c2cc(Cl)ccc21.COC(=O)C(=O)c1n[nH]c2ccccc12.COC(=O)C(=O)c1nn(C)c2ccccc12.[K+]. The van der Waals surface area contributed by atoms with E-state index in [1.807, 2.05) is 115 Å². The van der Waals surface area contributed by atoms with Crippen LogP contribution in [0.1, 0.15) is 71.5 Å². The van der Waals surface area contributed by atoms with Gasteiger partial charge in [0.25, 0.3) is 23.4 Å². The van der Waals surface area contributed by atoms with Crippen molar-refractivity contribution in [3.63, 3.8) is 0 Å². The number of fused-ring (bicyclic) bond motifs is 5. The number of primary amides is 1. The number of aromatic amines is 1. The van der Waals surface area contributed by atoms with E-state index in [0.29, 0.717) is 73.8 Å². The summed E-state index contributed by atoms with van der Waals surface area (Å²) in [6.45, 7) is 8.44. The number of nitrogens with two attached hydrogens (primary N) is 1. The molecule has 5 aromatic heterocycles. The summed E-state index contributed by atoms with van der Waals surface area (Å²) in [5.41, 5.74) is 10.8. The molecule has 26 nitrogen and oxygen atoms in total. The Morgan fingerprint density at radius 2 is 1.14 bits per heavy atom.